The van der Waals surface area contributed by atoms with Gasteiger partial charge < -0.3 is 4.52 Å². The van der Waals surface area contributed by atoms with E-state index < -0.39 is 0 Å². The van der Waals surface area contributed by atoms with Crippen LogP contribution in [0, 0.1) is 6.92 Å². The molecule has 7 heteroatoms. The van der Waals surface area contributed by atoms with Crippen LogP contribution in [0.3, 0.4) is 0 Å². The largest absolute Gasteiger partial charge is 0.336 e. The van der Waals surface area contributed by atoms with Gasteiger partial charge in [0.2, 0.25) is 0 Å². The molecule has 2 aliphatic rings. The average Bonchev–Trinajstić information content (AvgIpc) is 3.51. The number of rotatable bonds is 4. The Morgan fingerprint density at radius 3 is 2.71 bits per heavy atom. The van der Waals surface area contributed by atoms with Crippen LogP contribution in [0.2, 0.25) is 0 Å². The first-order valence-electron chi connectivity index (χ1n) is 8.23. The average molecular weight is 340 g/mol. The van der Waals surface area contributed by atoms with Crippen molar-refractivity contribution in [2.45, 2.75) is 44.4 Å². The number of fused-ring (bicyclic) bond motifs is 1. The number of hydrogen-bond donors (Lipinski definition) is 1. The molecular formula is C17H16N4O2S. The van der Waals surface area contributed by atoms with Crippen molar-refractivity contribution < 1.29 is 9.32 Å². The number of nitrogens with one attached hydrogen (secondary N) is 1. The molecule has 3 heterocycles. The van der Waals surface area contributed by atoms with Crippen molar-refractivity contribution in [3.8, 4) is 0 Å². The van der Waals surface area contributed by atoms with Gasteiger partial charge in [-0.25, -0.2) is 9.97 Å². The highest BCUT2D eigenvalue weighted by atomic mass is 32.1. The summed E-state index contributed by atoms with van der Waals surface area (Å²) in [5, 5.41) is 10.3. The summed E-state index contributed by atoms with van der Waals surface area (Å²) < 4.78 is 5.30. The van der Waals surface area contributed by atoms with E-state index in [1.807, 2.05) is 18.4 Å². The predicted molar refractivity (Wildman–Crippen MR) is 90.6 cm³/mol. The molecule has 5 rings (SSSR count). The first-order chi connectivity index (χ1) is 11.7. The summed E-state index contributed by atoms with van der Waals surface area (Å²) in [5.74, 6) is 0.848. The molecule has 24 heavy (non-hydrogen) atoms. The molecule has 3 aromatic heterocycles. The van der Waals surface area contributed by atoms with Crippen molar-refractivity contribution in [1.29, 1.82) is 0 Å². The van der Waals surface area contributed by atoms with Gasteiger partial charge >= 0.3 is 0 Å². The van der Waals surface area contributed by atoms with Crippen LogP contribution in [0.15, 0.2) is 16.0 Å². The number of pyridine rings is 1. The minimum atomic E-state index is -0.174. The molecule has 0 spiro atoms. The zero-order chi connectivity index (χ0) is 16.3. The van der Waals surface area contributed by atoms with Gasteiger partial charge in [-0.1, -0.05) is 5.16 Å². The van der Waals surface area contributed by atoms with Crippen molar-refractivity contribution >= 4 is 33.5 Å². The van der Waals surface area contributed by atoms with Gasteiger partial charge in [0.05, 0.1) is 22.3 Å². The Morgan fingerprint density at radius 1 is 1.21 bits per heavy atom. The lowest BCUT2D eigenvalue weighted by atomic mass is 10.1. The third-order valence-electron chi connectivity index (χ3n) is 4.62. The predicted octanol–water partition coefficient (Wildman–Crippen LogP) is 3.99. The Bertz CT molecular complexity index is 953. The van der Waals surface area contributed by atoms with E-state index in [-0.39, 0.29) is 5.91 Å². The summed E-state index contributed by atoms with van der Waals surface area (Å²) in [7, 11) is 0. The molecule has 0 unspecified atom stereocenters. The highest BCUT2D eigenvalue weighted by Gasteiger charge is 2.29. The molecule has 3 aromatic rings. The third-order valence-corrected chi connectivity index (χ3v) is 5.39. The van der Waals surface area contributed by atoms with Crippen LogP contribution in [0.1, 0.15) is 65.0 Å². The minimum absolute atomic E-state index is 0.174. The fourth-order valence-corrected chi connectivity index (χ4v) is 3.74. The zero-order valence-corrected chi connectivity index (χ0v) is 14.0. The molecule has 0 radical (unpaired) electrons. The van der Waals surface area contributed by atoms with E-state index in [0.717, 1.165) is 24.2 Å². The highest BCUT2D eigenvalue weighted by molar-refractivity contribution is 7.14. The van der Waals surface area contributed by atoms with E-state index in [2.05, 4.69) is 20.4 Å². The van der Waals surface area contributed by atoms with Gasteiger partial charge in [-0.3, -0.25) is 10.1 Å². The summed E-state index contributed by atoms with van der Waals surface area (Å²) in [6, 6.07) is 1.88. The monoisotopic (exact) mass is 340 g/mol. The summed E-state index contributed by atoms with van der Waals surface area (Å²) in [5.41, 5.74) is 3.71. The number of thiazole rings is 1. The molecule has 1 N–H and O–H groups in total. The number of hydrogen-bond acceptors (Lipinski definition) is 6. The van der Waals surface area contributed by atoms with Gasteiger partial charge in [0.25, 0.3) is 11.6 Å². The number of anilines is 1. The van der Waals surface area contributed by atoms with Gasteiger partial charge in [-0.05, 0) is 38.7 Å². The molecule has 122 valence electrons. The Labute approximate surface area is 142 Å². The second kappa shape index (κ2) is 5.11. The fraction of sp³-hybridized carbons (Fsp3) is 0.412. The second-order valence-electron chi connectivity index (χ2n) is 6.62. The summed E-state index contributed by atoms with van der Waals surface area (Å²) in [4.78, 5) is 21.9. The summed E-state index contributed by atoms with van der Waals surface area (Å²) in [6.45, 7) is 1.83. The molecule has 0 saturated heterocycles. The molecule has 6 nitrogen and oxygen atoms in total. The van der Waals surface area contributed by atoms with Crippen LogP contribution in [-0.2, 0) is 0 Å². The van der Waals surface area contributed by atoms with E-state index in [4.69, 9.17) is 4.52 Å². The highest BCUT2D eigenvalue weighted by Crippen LogP contribution is 2.42. The Balaban J connectivity index is 1.51. The molecule has 0 aromatic carbocycles. The Morgan fingerprint density at radius 2 is 1.96 bits per heavy atom. The molecule has 2 fully saturated rings. The Kier molecular flexibility index (Phi) is 3.00. The van der Waals surface area contributed by atoms with Crippen LogP contribution < -0.4 is 5.32 Å². The molecular weight excluding hydrogens is 324 g/mol. The topological polar surface area (TPSA) is 80.9 Å². The maximum Gasteiger partial charge on any atom is 0.259 e. The first-order valence-corrected chi connectivity index (χ1v) is 9.10. The standard InChI is InChI=1S/C17H16N4O2S/c1-8-14-11(6-12(9-2-3-9)18-16(14)23-21-8)15(22)20-17-19-13(7-24-17)10-4-5-10/h6-7,9-10H,2-5H2,1H3,(H,19,20,22). The van der Waals surface area contributed by atoms with E-state index in [0.29, 0.717) is 39.3 Å². The van der Waals surface area contributed by atoms with Gasteiger partial charge in [0.15, 0.2) is 5.13 Å². The molecule has 0 aliphatic heterocycles. The Hall–Kier alpha value is -2.28. The fourth-order valence-electron chi connectivity index (χ4n) is 2.96. The summed E-state index contributed by atoms with van der Waals surface area (Å²) >= 11 is 1.48. The van der Waals surface area contributed by atoms with Crippen molar-refractivity contribution in [2.75, 3.05) is 5.32 Å². The van der Waals surface area contributed by atoms with E-state index in [1.54, 1.807) is 0 Å². The normalized spacial score (nSPS) is 17.4. The lowest BCUT2D eigenvalue weighted by Crippen LogP contribution is -2.13. The number of aromatic nitrogens is 3. The molecule has 1 amide bonds. The second-order valence-corrected chi connectivity index (χ2v) is 7.48. The number of aryl methyl sites for hydroxylation is 1. The molecule has 0 bridgehead atoms. The van der Waals surface area contributed by atoms with E-state index in [9.17, 15) is 4.79 Å². The van der Waals surface area contributed by atoms with Crippen molar-refractivity contribution in [2.24, 2.45) is 0 Å². The quantitative estimate of drug-likeness (QED) is 0.776. The van der Waals surface area contributed by atoms with Gasteiger partial charge in [0, 0.05) is 22.9 Å². The van der Waals surface area contributed by atoms with Gasteiger partial charge in [-0.2, -0.15) is 0 Å². The molecule has 2 saturated carbocycles. The van der Waals surface area contributed by atoms with Crippen LogP contribution >= 0.6 is 11.3 Å². The van der Waals surface area contributed by atoms with Crippen LogP contribution in [-0.4, -0.2) is 21.0 Å². The SMILES string of the molecule is Cc1noc2nc(C3CC3)cc(C(=O)Nc3nc(C4CC4)cs3)c12. The van der Waals surface area contributed by atoms with Crippen LogP contribution in [0.25, 0.3) is 11.1 Å². The first kappa shape index (κ1) is 14.1. The van der Waals surface area contributed by atoms with E-state index in [1.165, 1.54) is 24.2 Å². The number of amides is 1. The van der Waals surface area contributed by atoms with E-state index >= 15 is 0 Å². The third kappa shape index (κ3) is 2.39. The summed E-state index contributed by atoms with van der Waals surface area (Å²) in [6.07, 6.45) is 4.63. The van der Waals surface area contributed by atoms with Gasteiger partial charge in [0.1, 0.15) is 0 Å². The van der Waals surface area contributed by atoms with Gasteiger partial charge in [-0.15, -0.1) is 11.3 Å². The smallest absolute Gasteiger partial charge is 0.259 e. The molecule has 2 aliphatic carbocycles. The lowest BCUT2D eigenvalue weighted by Gasteiger charge is -2.05. The maximum absolute atomic E-state index is 12.8. The minimum Gasteiger partial charge on any atom is -0.336 e. The van der Waals surface area contributed by atoms with Crippen LogP contribution in [0.4, 0.5) is 5.13 Å². The number of carbonyl (C=O) groups excluding carboxylic acids is 1. The lowest BCUT2D eigenvalue weighted by molar-refractivity contribution is 0.102. The number of nitrogens with zero attached hydrogens (tertiary/aromatic N) is 3. The number of carbonyl (C=O) groups is 1. The van der Waals surface area contributed by atoms with Crippen molar-refractivity contribution in [1.82, 2.24) is 15.1 Å². The molecule has 0 atom stereocenters. The maximum atomic E-state index is 12.8. The zero-order valence-electron chi connectivity index (χ0n) is 13.2. The van der Waals surface area contributed by atoms with Crippen molar-refractivity contribution in [3.05, 3.63) is 34.1 Å². The van der Waals surface area contributed by atoms with Crippen LogP contribution in [0.5, 0.6) is 0 Å². The van der Waals surface area contributed by atoms with Crippen molar-refractivity contribution in [3.63, 3.8) is 0 Å².